The number of hydrogen-bond donors (Lipinski definition) is 1. The molecule has 0 spiro atoms. The van der Waals surface area contributed by atoms with Gasteiger partial charge in [0.05, 0.1) is 23.7 Å². The van der Waals surface area contributed by atoms with Crippen molar-refractivity contribution in [1.29, 1.82) is 0 Å². The van der Waals surface area contributed by atoms with Gasteiger partial charge in [-0.1, -0.05) is 71.4 Å². The number of aryl methyl sites for hydroxylation is 1. The highest BCUT2D eigenvalue weighted by atomic mass is 35.5. The summed E-state index contributed by atoms with van der Waals surface area (Å²) < 4.78 is 10.8. The van der Waals surface area contributed by atoms with Crippen LogP contribution in [0.15, 0.2) is 82.2 Å². The lowest BCUT2D eigenvalue weighted by molar-refractivity contribution is -0.136. The van der Waals surface area contributed by atoms with Crippen LogP contribution in [-0.2, 0) is 21.7 Å². The van der Waals surface area contributed by atoms with E-state index in [0.29, 0.717) is 33.6 Å². The monoisotopic (exact) mass is 536 g/mol. The maximum Gasteiger partial charge on any atom is 0.419 e. The van der Waals surface area contributed by atoms with Crippen LogP contribution < -0.4 is 4.90 Å². The molecule has 1 amide bonds. The molecule has 1 N–H and O–H groups in total. The maximum atomic E-state index is 13.0. The molecule has 4 aromatic rings. The molecule has 0 saturated heterocycles. The van der Waals surface area contributed by atoms with Crippen molar-refractivity contribution < 1.29 is 24.0 Å². The molecule has 0 radical (unpaired) electrons. The van der Waals surface area contributed by atoms with Gasteiger partial charge in [0.2, 0.25) is 0 Å². The number of carboxylic acid groups (broad SMARTS) is 1. The van der Waals surface area contributed by atoms with Crippen molar-refractivity contribution in [3.8, 4) is 11.3 Å². The van der Waals surface area contributed by atoms with Gasteiger partial charge in [-0.25, -0.2) is 9.69 Å². The van der Waals surface area contributed by atoms with Gasteiger partial charge in [-0.2, -0.15) is 0 Å². The Morgan fingerprint density at radius 1 is 1.05 bits per heavy atom. The summed E-state index contributed by atoms with van der Waals surface area (Å²) in [6.45, 7) is 3.66. The number of thioether (sulfide) groups is 1. The minimum atomic E-state index is -0.857. The van der Waals surface area contributed by atoms with Gasteiger partial charge in [-0.3, -0.25) is 4.79 Å². The lowest BCUT2D eigenvalue weighted by Crippen LogP contribution is -2.27. The molecule has 0 bridgehead atoms. The van der Waals surface area contributed by atoms with Gasteiger partial charge < -0.3 is 14.4 Å². The second-order valence-corrected chi connectivity index (χ2v) is 9.51. The van der Waals surface area contributed by atoms with E-state index in [4.69, 9.17) is 26.0 Å². The van der Waals surface area contributed by atoms with Crippen molar-refractivity contribution in [3.05, 3.63) is 94.7 Å². The van der Waals surface area contributed by atoms with E-state index < -0.39 is 12.1 Å². The number of hydrogen-bond acceptors (Lipinski definition) is 6. The number of halogens is 1. The predicted octanol–water partition coefficient (Wildman–Crippen LogP) is 7.52. The zero-order chi connectivity index (χ0) is 26.4. The summed E-state index contributed by atoms with van der Waals surface area (Å²) in [5, 5.41) is 13.8. The zero-order valence-corrected chi connectivity index (χ0v) is 21.9. The molecular weight excluding hydrogens is 512 g/mol. The Morgan fingerprint density at radius 2 is 1.76 bits per heavy atom. The van der Waals surface area contributed by atoms with Gasteiger partial charge >= 0.3 is 12.1 Å². The topological polar surface area (TPSA) is 92.9 Å². The van der Waals surface area contributed by atoms with Crippen LogP contribution in [0.1, 0.15) is 23.8 Å². The van der Waals surface area contributed by atoms with E-state index in [2.05, 4.69) is 5.16 Å². The molecule has 0 atom stereocenters. The molecule has 7 nitrogen and oxygen atoms in total. The van der Waals surface area contributed by atoms with Gasteiger partial charge in [0.25, 0.3) is 0 Å². The molecule has 0 aliphatic rings. The number of benzene rings is 3. The number of aliphatic carboxylic acids is 1. The molecule has 1 heterocycles. The van der Waals surface area contributed by atoms with Crippen LogP contribution >= 0.6 is 23.4 Å². The quantitative estimate of drug-likeness (QED) is 0.221. The zero-order valence-electron chi connectivity index (χ0n) is 20.3. The van der Waals surface area contributed by atoms with E-state index in [0.717, 1.165) is 21.6 Å². The first kappa shape index (κ1) is 26.3. The Balaban J connectivity index is 1.61. The molecular formula is C28H25ClN2O5S. The number of carboxylic acids is 1. The van der Waals surface area contributed by atoms with Crippen LogP contribution in [0.2, 0.25) is 5.02 Å². The third-order valence-corrected chi connectivity index (χ3v) is 7.04. The van der Waals surface area contributed by atoms with Gasteiger partial charge in [-0.15, -0.1) is 11.8 Å². The predicted molar refractivity (Wildman–Crippen MR) is 145 cm³/mol. The molecule has 0 saturated carbocycles. The highest BCUT2D eigenvalue weighted by Crippen LogP contribution is 2.40. The molecule has 37 heavy (non-hydrogen) atoms. The lowest BCUT2D eigenvalue weighted by Gasteiger charge is -2.23. The fraction of sp³-hybridized carbons (Fsp3) is 0.179. The van der Waals surface area contributed by atoms with Crippen LogP contribution in [0, 0.1) is 6.92 Å². The number of carbonyl (C=O) groups is 2. The Morgan fingerprint density at radius 3 is 2.46 bits per heavy atom. The number of carbonyl (C=O) groups excluding carboxylic acids is 1. The van der Waals surface area contributed by atoms with Crippen LogP contribution in [0.25, 0.3) is 11.3 Å². The second kappa shape index (κ2) is 12.0. The largest absolute Gasteiger partial charge is 0.481 e. The lowest BCUT2D eigenvalue weighted by atomic mass is 10.1. The first-order valence-corrected chi connectivity index (χ1v) is 12.9. The molecule has 0 aliphatic carbocycles. The highest BCUT2D eigenvalue weighted by Gasteiger charge is 2.29. The Labute approximate surface area is 224 Å². The van der Waals surface area contributed by atoms with Crippen molar-refractivity contribution >= 4 is 46.8 Å². The summed E-state index contributed by atoms with van der Waals surface area (Å²) in [4.78, 5) is 26.5. The summed E-state index contributed by atoms with van der Waals surface area (Å²) in [6.07, 6.45) is -0.602. The fourth-order valence-electron chi connectivity index (χ4n) is 3.82. The van der Waals surface area contributed by atoms with Crippen LogP contribution in [0.4, 0.5) is 16.2 Å². The van der Waals surface area contributed by atoms with Gasteiger partial charge in [-0.05, 0) is 43.2 Å². The van der Waals surface area contributed by atoms with Crippen LogP contribution in [0.3, 0.4) is 0 Å². The Bertz CT molecular complexity index is 1400. The third kappa shape index (κ3) is 6.15. The smallest absolute Gasteiger partial charge is 0.419 e. The number of rotatable bonds is 9. The van der Waals surface area contributed by atoms with Gasteiger partial charge in [0.1, 0.15) is 11.4 Å². The van der Waals surface area contributed by atoms with Gasteiger partial charge in [0, 0.05) is 16.2 Å². The first-order valence-electron chi connectivity index (χ1n) is 11.6. The van der Waals surface area contributed by atoms with Crippen molar-refractivity contribution in [2.24, 2.45) is 0 Å². The Kier molecular flexibility index (Phi) is 8.53. The number of aromatic nitrogens is 1. The van der Waals surface area contributed by atoms with Crippen LogP contribution in [0.5, 0.6) is 0 Å². The van der Waals surface area contributed by atoms with E-state index in [-0.39, 0.29) is 13.0 Å². The number of ether oxygens (including phenoxy) is 1. The summed E-state index contributed by atoms with van der Waals surface area (Å²) >= 11 is 8.02. The van der Waals surface area contributed by atoms with E-state index in [1.54, 1.807) is 49.9 Å². The van der Waals surface area contributed by atoms with E-state index in [1.807, 2.05) is 48.5 Å². The summed E-state index contributed by atoms with van der Waals surface area (Å²) in [5.41, 5.74) is 4.00. The maximum absolute atomic E-state index is 13.0. The fourth-order valence-corrected chi connectivity index (χ4v) is 5.06. The molecule has 0 unspecified atom stereocenters. The Hall–Kier alpha value is -3.75. The summed E-state index contributed by atoms with van der Waals surface area (Å²) in [6, 6.07) is 22.3. The van der Waals surface area contributed by atoms with Crippen molar-refractivity contribution in [1.82, 2.24) is 5.16 Å². The van der Waals surface area contributed by atoms with Crippen molar-refractivity contribution in [2.75, 3.05) is 11.5 Å². The molecule has 1 aromatic heterocycles. The molecule has 9 heteroatoms. The van der Waals surface area contributed by atoms with E-state index >= 15 is 0 Å². The molecule has 190 valence electrons. The summed E-state index contributed by atoms with van der Waals surface area (Å²) in [7, 11) is 0. The number of para-hydroxylation sites is 1. The molecule has 4 rings (SSSR count). The first-order chi connectivity index (χ1) is 17.9. The van der Waals surface area contributed by atoms with Crippen molar-refractivity contribution in [3.63, 3.8) is 0 Å². The SMILES string of the molecule is CCOC(=O)N(c1ccccc1Cl)c1c(-c2ccc(CSc3ccccc3CC(=O)O)cc2)noc1C. The van der Waals surface area contributed by atoms with Crippen LogP contribution in [-0.4, -0.2) is 28.9 Å². The third-order valence-electron chi connectivity index (χ3n) is 5.53. The van der Waals surface area contributed by atoms with Crippen molar-refractivity contribution in [2.45, 2.75) is 30.9 Å². The standard InChI is InChI=1S/C28H25ClN2O5S/c1-3-35-28(34)31(23-10-6-5-9-22(23)29)27-18(2)36-30-26(27)20-14-12-19(13-15-20)17-37-24-11-7-4-8-21(24)16-25(32)33/h4-15H,3,16-17H2,1-2H3,(H,32,33). The molecule has 3 aromatic carbocycles. The number of anilines is 2. The minimum absolute atomic E-state index is 0.0151. The number of nitrogens with zero attached hydrogens (tertiary/aromatic N) is 2. The molecule has 0 aliphatic heterocycles. The minimum Gasteiger partial charge on any atom is -0.481 e. The van der Waals surface area contributed by atoms with E-state index in [1.165, 1.54) is 4.90 Å². The average Bonchev–Trinajstić information content (AvgIpc) is 3.26. The second-order valence-electron chi connectivity index (χ2n) is 8.09. The number of amides is 1. The molecule has 0 fully saturated rings. The summed E-state index contributed by atoms with van der Waals surface area (Å²) in [5.74, 6) is 0.248. The average molecular weight is 537 g/mol. The highest BCUT2D eigenvalue weighted by molar-refractivity contribution is 7.98. The van der Waals surface area contributed by atoms with Gasteiger partial charge in [0.15, 0.2) is 5.76 Å². The normalized spacial score (nSPS) is 10.8. The van der Waals surface area contributed by atoms with E-state index in [9.17, 15) is 9.59 Å².